The Bertz CT molecular complexity index is 1410. The molecule has 7 nitrogen and oxygen atoms in total. The first kappa shape index (κ1) is 19.0. The lowest BCUT2D eigenvalue weighted by Crippen LogP contribution is -2.43. The molecule has 0 spiro atoms. The second-order valence-corrected chi connectivity index (χ2v) is 8.94. The zero-order valence-corrected chi connectivity index (χ0v) is 18.2. The van der Waals surface area contributed by atoms with Gasteiger partial charge in [-0.25, -0.2) is 4.99 Å². The van der Waals surface area contributed by atoms with E-state index in [0.717, 1.165) is 10.2 Å². The maximum Gasteiger partial charge on any atom is 0.272 e. The van der Waals surface area contributed by atoms with E-state index < -0.39 is 0 Å². The van der Waals surface area contributed by atoms with Gasteiger partial charge in [-0.3, -0.25) is 19.0 Å². The van der Waals surface area contributed by atoms with Crippen LogP contribution in [0.3, 0.4) is 0 Å². The molecule has 150 valence electrons. The van der Waals surface area contributed by atoms with Crippen molar-refractivity contribution in [2.45, 2.75) is 13.6 Å². The van der Waals surface area contributed by atoms with Gasteiger partial charge < -0.3 is 10.2 Å². The van der Waals surface area contributed by atoms with Gasteiger partial charge in [-0.15, -0.1) is 0 Å². The Morgan fingerprint density at radius 1 is 1.17 bits per heavy atom. The molecule has 1 N–H and O–H groups in total. The van der Waals surface area contributed by atoms with E-state index in [4.69, 9.17) is 0 Å². The number of fused-ring (bicyclic) bond motifs is 2. The summed E-state index contributed by atoms with van der Waals surface area (Å²) in [6.07, 6.45) is 0. The van der Waals surface area contributed by atoms with Crippen molar-refractivity contribution < 1.29 is 9.59 Å². The number of halogens is 1. The Hall–Kier alpha value is -3.04. The number of aromatic nitrogens is 1. The van der Waals surface area contributed by atoms with E-state index in [-0.39, 0.29) is 17.2 Å². The van der Waals surface area contributed by atoms with Gasteiger partial charge in [0.05, 0.1) is 5.57 Å². The van der Waals surface area contributed by atoms with Crippen LogP contribution in [-0.2, 0) is 11.5 Å². The molecule has 1 aromatic heterocycles. The highest BCUT2D eigenvalue weighted by Crippen LogP contribution is 2.32. The third kappa shape index (κ3) is 3.01. The molecule has 5 rings (SSSR count). The van der Waals surface area contributed by atoms with Crippen LogP contribution in [0.15, 0.2) is 56.7 Å². The Morgan fingerprint density at radius 3 is 2.67 bits per heavy atom. The second-order valence-electron chi connectivity index (χ2n) is 7.05. The summed E-state index contributed by atoms with van der Waals surface area (Å²) < 4.78 is 2.80. The smallest absolute Gasteiger partial charge is 0.272 e. The minimum atomic E-state index is -0.281. The van der Waals surface area contributed by atoms with Crippen LogP contribution in [0.1, 0.15) is 22.8 Å². The molecule has 0 bridgehead atoms. The number of anilines is 2. The number of nitrogens with zero attached hydrogens (tertiary/aromatic N) is 3. The van der Waals surface area contributed by atoms with E-state index in [9.17, 15) is 14.4 Å². The van der Waals surface area contributed by atoms with E-state index in [1.165, 1.54) is 18.3 Å². The maximum absolute atomic E-state index is 13.2. The zero-order chi connectivity index (χ0) is 21.0. The van der Waals surface area contributed by atoms with Crippen LogP contribution in [0.25, 0.3) is 5.57 Å². The molecule has 3 heterocycles. The van der Waals surface area contributed by atoms with E-state index >= 15 is 0 Å². The van der Waals surface area contributed by atoms with Gasteiger partial charge in [0.1, 0.15) is 17.9 Å². The molecule has 0 unspecified atom stereocenters. The Morgan fingerprint density at radius 2 is 1.93 bits per heavy atom. The van der Waals surface area contributed by atoms with Crippen LogP contribution >= 0.6 is 27.3 Å². The molecule has 2 aromatic carbocycles. The highest BCUT2D eigenvalue weighted by Gasteiger charge is 2.28. The molecule has 2 aliphatic rings. The molecule has 0 aliphatic carbocycles. The van der Waals surface area contributed by atoms with Gasteiger partial charge in [-0.05, 0) is 49.4 Å². The van der Waals surface area contributed by atoms with E-state index in [1.54, 1.807) is 16.7 Å². The van der Waals surface area contributed by atoms with Crippen molar-refractivity contribution in [3.05, 3.63) is 77.8 Å². The lowest BCUT2D eigenvalue weighted by molar-refractivity contribution is -0.110. The molecular formula is C21H15BrN4O3S. The number of rotatable bonds is 2. The van der Waals surface area contributed by atoms with Gasteiger partial charge in [-0.2, -0.15) is 0 Å². The topological polar surface area (TPSA) is 83.8 Å². The average Bonchev–Trinajstić information content (AvgIpc) is 3.23. The number of thiazole rings is 1. The molecule has 30 heavy (non-hydrogen) atoms. The Balaban J connectivity index is 1.59. The number of hydrogen-bond donors (Lipinski definition) is 1. The quantitative estimate of drug-likeness (QED) is 0.566. The van der Waals surface area contributed by atoms with Crippen LogP contribution < -0.4 is 25.1 Å². The van der Waals surface area contributed by atoms with E-state index in [2.05, 4.69) is 26.2 Å². The summed E-state index contributed by atoms with van der Waals surface area (Å²) in [5.74, 6) is -0.277. The van der Waals surface area contributed by atoms with Crippen molar-refractivity contribution in [2.75, 3.05) is 16.9 Å². The average molecular weight is 483 g/mol. The molecule has 0 atom stereocenters. The predicted octanol–water partition coefficient (Wildman–Crippen LogP) is 2.08. The Labute approximate surface area is 183 Å². The molecule has 9 heteroatoms. The fourth-order valence-corrected chi connectivity index (χ4v) is 5.02. The summed E-state index contributed by atoms with van der Waals surface area (Å²) in [5, 5.41) is 2.82. The number of hydrogen-bond acceptors (Lipinski definition) is 6. The predicted molar refractivity (Wildman–Crippen MR) is 118 cm³/mol. The number of carbonyl (C=O) groups is 2. The molecule has 2 aliphatic heterocycles. The van der Waals surface area contributed by atoms with Crippen molar-refractivity contribution in [1.29, 1.82) is 0 Å². The third-order valence-corrected chi connectivity index (χ3v) is 6.75. The van der Waals surface area contributed by atoms with Crippen molar-refractivity contribution in [2.24, 2.45) is 4.99 Å². The van der Waals surface area contributed by atoms with Crippen molar-refractivity contribution in [1.82, 2.24) is 4.57 Å². The summed E-state index contributed by atoms with van der Waals surface area (Å²) >= 11 is 4.66. The largest absolute Gasteiger partial charge is 0.334 e. The maximum atomic E-state index is 13.2. The molecule has 1 amide bonds. The molecule has 0 fully saturated rings. The first-order chi connectivity index (χ1) is 14.4. The molecule has 0 saturated carbocycles. The first-order valence-electron chi connectivity index (χ1n) is 9.18. The number of Topliss-reactive ketones (excluding diaryl/α,β-unsaturated/α-hetero) is 1. The number of amides is 1. The minimum Gasteiger partial charge on any atom is -0.334 e. The molecule has 0 saturated heterocycles. The van der Waals surface area contributed by atoms with Gasteiger partial charge in [0, 0.05) is 27.0 Å². The van der Waals surface area contributed by atoms with Crippen LogP contribution in [0, 0.1) is 0 Å². The highest BCUT2D eigenvalue weighted by atomic mass is 79.9. The number of benzene rings is 2. The van der Waals surface area contributed by atoms with Gasteiger partial charge in [0.15, 0.2) is 10.6 Å². The van der Waals surface area contributed by atoms with E-state index in [0.29, 0.717) is 45.1 Å². The summed E-state index contributed by atoms with van der Waals surface area (Å²) in [5.41, 5.74) is 3.06. The number of ketones is 1. The first-order valence-corrected chi connectivity index (χ1v) is 10.8. The Kier molecular flexibility index (Phi) is 4.44. The summed E-state index contributed by atoms with van der Waals surface area (Å²) in [6.45, 7) is 2.24. The van der Waals surface area contributed by atoms with Gasteiger partial charge in [-0.1, -0.05) is 27.3 Å². The lowest BCUT2D eigenvalue weighted by Gasteiger charge is -2.25. The molecule has 3 aromatic rings. The van der Waals surface area contributed by atoms with Crippen molar-refractivity contribution in [3.8, 4) is 0 Å². The van der Waals surface area contributed by atoms with Gasteiger partial charge >= 0.3 is 0 Å². The molecular weight excluding hydrogens is 468 g/mol. The summed E-state index contributed by atoms with van der Waals surface area (Å²) in [4.78, 5) is 44.4. The van der Waals surface area contributed by atoms with Crippen LogP contribution in [0.5, 0.6) is 0 Å². The monoisotopic (exact) mass is 482 g/mol. The van der Waals surface area contributed by atoms with Gasteiger partial charge in [0.25, 0.3) is 11.5 Å². The second kappa shape index (κ2) is 7.03. The summed E-state index contributed by atoms with van der Waals surface area (Å²) in [6, 6.07) is 12.7. The zero-order valence-electron chi connectivity index (χ0n) is 15.8. The minimum absolute atomic E-state index is 0.00430. The lowest BCUT2D eigenvalue weighted by atomic mass is 10.1. The van der Waals surface area contributed by atoms with Crippen molar-refractivity contribution in [3.63, 3.8) is 0 Å². The number of nitrogens with one attached hydrogen (secondary N) is 1. The fourth-order valence-electron chi connectivity index (χ4n) is 3.60. The van der Waals surface area contributed by atoms with Crippen LogP contribution in [0.2, 0.25) is 0 Å². The fraction of sp³-hybridized carbons (Fsp3) is 0.143. The standard InChI is InChI=1S/C21H15BrN4O3S/c1-11(27)12-2-5-14(6-3-12)25-9-23-21-26(10-25)20(29)18(30-21)17-15-8-13(22)4-7-16(15)24-19(17)28/h2-8H,9-10H2,1H3,(H,24,28)/b18-17+. The highest BCUT2D eigenvalue weighted by molar-refractivity contribution is 9.10. The van der Waals surface area contributed by atoms with Crippen LogP contribution in [0.4, 0.5) is 11.4 Å². The number of carbonyl (C=O) groups excluding carboxylic acids is 2. The van der Waals surface area contributed by atoms with Gasteiger partial charge in [0.2, 0.25) is 0 Å². The normalized spacial score (nSPS) is 16.6. The van der Waals surface area contributed by atoms with E-state index in [1.807, 2.05) is 35.2 Å². The SMILES string of the molecule is CC(=O)c1ccc(N2CN=c3s/c(=C4/C(=O)Nc5ccc(Br)cc54)c(=O)n3C2)cc1. The molecule has 0 radical (unpaired) electrons. The third-order valence-electron chi connectivity index (χ3n) is 5.14. The summed E-state index contributed by atoms with van der Waals surface area (Å²) in [7, 11) is 0. The van der Waals surface area contributed by atoms with Crippen LogP contribution in [-0.4, -0.2) is 22.9 Å². The van der Waals surface area contributed by atoms with Crippen molar-refractivity contribution >= 4 is 55.9 Å².